The minimum Gasteiger partial charge on any atom is -0.392 e. The third kappa shape index (κ3) is 5.21. The van der Waals surface area contributed by atoms with Crippen LogP contribution < -0.4 is 0 Å². The van der Waals surface area contributed by atoms with Gasteiger partial charge in [-0.25, -0.2) is 9.97 Å². The van der Waals surface area contributed by atoms with E-state index >= 15 is 0 Å². The predicted octanol–water partition coefficient (Wildman–Crippen LogP) is 5.67. The van der Waals surface area contributed by atoms with Crippen molar-refractivity contribution in [3.05, 3.63) is 70.5 Å². The summed E-state index contributed by atoms with van der Waals surface area (Å²) in [6.07, 6.45) is 4.44. The fourth-order valence-electron chi connectivity index (χ4n) is 5.33. The first-order valence-corrected chi connectivity index (χ1v) is 16.0. The molecule has 1 unspecified atom stereocenters. The summed E-state index contributed by atoms with van der Waals surface area (Å²) in [6, 6.07) is 10.4. The molecule has 0 aliphatic carbocycles. The maximum Gasteiger partial charge on any atom is 0.253 e. The van der Waals surface area contributed by atoms with Crippen molar-refractivity contribution in [3.8, 4) is 22.4 Å². The Morgan fingerprint density at radius 1 is 1.21 bits per heavy atom. The Bertz CT molecular complexity index is 1530. The highest BCUT2D eigenvalue weighted by atomic mass is 127. The molecule has 9 heteroatoms. The monoisotopic (exact) mass is 641 g/mol. The van der Waals surface area contributed by atoms with Crippen molar-refractivity contribution in [2.45, 2.75) is 39.8 Å². The Kier molecular flexibility index (Phi) is 7.82. The molecule has 1 atom stereocenters. The average Bonchev–Trinajstić information content (AvgIpc) is 3.25. The number of hydrogen-bond acceptors (Lipinski definition) is 6. The summed E-state index contributed by atoms with van der Waals surface area (Å²) in [6.45, 7) is 8.15. The van der Waals surface area contributed by atoms with Crippen molar-refractivity contribution in [2.24, 2.45) is 0 Å². The predicted molar refractivity (Wildman–Crippen MR) is 164 cm³/mol. The number of carbonyl (C=O) groups excluding carboxylic acids is 1. The van der Waals surface area contributed by atoms with E-state index in [1.54, 1.807) is 28.0 Å². The van der Waals surface area contributed by atoms with E-state index in [4.69, 9.17) is 9.97 Å². The molecule has 3 heterocycles. The molecule has 1 N–H and O–H groups in total. The standard InChI is InChI=1S/C29H32IN5O2S/c1-17-11-21(12-22-15-33(4)9-8-23(17)22)26-13-31-28-27(32-26)25(16-35(28)38-30)20-6-7-24(18(2)10-20)29(37)34(5)14-19(3)36/h6-7,10-13,16,19,36H,8-9,14-15H2,1-5H3. The van der Waals surface area contributed by atoms with Crippen LogP contribution in [-0.2, 0) is 13.0 Å². The maximum absolute atomic E-state index is 12.9. The van der Waals surface area contributed by atoms with Gasteiger partial charge in [0.2, 0.25) is 0 Å². The first kappa shape index (κ1) is 27.1. The molecule has 5 rings (SSSR count). The molecule has 2 aromatic heterocycles. The second-order valence-corrected chi connectivity index (χ2v) is 12.1. The minimum atomic E-state index is -0.576. The summed E-state index contributed by atoms with van der Waals surface area (Å²) >= 11 is 2.26. The molecule has 1 aliphatic heterocycles. The van der Waals surface area contributed by atoms with Crippen molar-refractivity contribution in [3.63, 3.8) is 0 Å². The van der Waals surface area contributed by atoms with Crippen molar-refractivity contribution < 1.29 is 9.90 Å². The molecule has 0 saturated heterocycles. The number of halogens is 1. The number of aliphatic hydroxyl groups is 1. The Labute approximate surface area is 240 Å². The zero-order valence-electron chi connectivity index (χ0n) is 22.3. The lowest BCUT2D eigenvalue weighted by Crippen LogP contribution is -2.33. The van der Waals surface area contributed by atoms with Gasteiger partial charge in [-0.3, -0.25) is 8.77 Å². The van der Waals surface area contributed by atoms with E-state index in [0.29, 0.717) is 5.56 Å². The first-order valence-electron chi connectivity index (χ1n) is 12.7. The second kappa shape index (κ2) is 11.0. The van der Waals surface area contributed by atoms with Gasteiger partial charge < -0.3 is 14.9 Å². The third-order valence-electron chi connectivity index (χ3n) is 7.24. The molecular weight excluding hydrogens is 609 g/mol. The van der Waals surface area contributed by atoms with Gasteiger partial charge in [0, 0.05) is 79.9 Å². The summed E-state index contributed by atoms with van der Waals surface area (Å²) in [5.41, 5.74) is 11.2. The highest BCUT2D eigenvalue weighted by molar-refractivity contribution is 14.2. The van der Waals surface area contributed by atoms with Gasteiger partial charge in [0.1, 0.15) is 5.52 Å². The van der Waals surface area contributed by atoms with Gasteiger partial charge in [-0.15, -0.1) is 0 Å². The fraction of sp³-hybridized carbons (Fsp3) is 0.345. The molecule has 4 aromatic rings. The third-order valence-corrected chi connectivity index (χ3v) is 8.94. The van der Waals surface area contributed by atoms with Gasteiger partial charge in [0.25, 0.3) is 5.91 Å². The largest absolute Gasteiger partial charge is 0.392 e. The lowest BCUT2D eigenvalue weighted by Gasteiger charge is -2.27. The molecule has 2 aromatic carbocycles. The number of aliphatic hydroxyl groups excluding tert-OH is 1. The molecule has 7 nitrogen and oxygen atoms in total. The minimum absolute atomic E-state index is 0.101. The summed E-state index contributed by atoms with van der Waals surface area (Å²) in [5, 5.41) is 9.68. The Morgan fingerprint density at radius 3 is 2.68 bits per heavy atom. The molecule has 0 bridgehead atoms. The number of aryl methyl sites for hydroxylation is 2. The Hall–Kier alpha value is -2.47. The van der Waals surface area contributed by atoms with Crippen molar-refractivity contribution in [2.75, 3.05) is 27.2 Å². The number of nitrogens with zero attached hydrogens (tertiary/aromatic N) is 5. The Morgan fingerprint density at radius 2 is 1.97 bits per heavy atom. The van der Waals surface area contributed by atoms with Crippen LogP contribution in [0.15, 0.2) is 42.7 Å². The van der Waals surface area contributed by atoms with Crippen LogP contribution in [0.25, 0.3) is 33.5 Å². The number of carbonyl (C=O) groups is 1. The van der Waals surface area contributed by atoms with Crippen molar-refractivity contribution >= 4 is 47.4 Å². The van der Waals surface area contributed by atoms with E-state index in [2.05, 4.69) is 58.4 Å². The lowest BCUT2D eigenvalue weighted by molar-refractivity contribution is 0.0703. The Balaban J connectivity index is 1.56. The van der Waals surface area contributed by atoms with E-state index in [0.717, 1.165) is 58.6 Å². The number of rotatable bonds is 6. The first-order chi connectivity index (χ1) is 18.2. The number of fused-ring (bicyclic) bond motifs is 2. The summed E-state index contributed by atoms with van der Waals surface area (Å²) in [7, 11) is 5.43. The summed E-state index contributed by atoms with van der Waals surface area (Å²) in [4.78, 5) is 26.8. The van der Waals surface area contributed by atoms with Gasteiger partial charge in [0.05, 0.1) is 18.0 Å². The molecule has 0 fully saturated rings. The van der Waals surface area contributed by atoms with E-state index in [-0.39, 0.29) is 12.5 Å². The molecule has 0 spiro atoms. The SMILES string of the molecule is Cc1cc(-c2cn(SI)c3ncc(-c4cc(C)c5c(c4)CN(C)CC5)nc23)ccc1C(=O)N(C)CC(C)O. The van der Waals surface area contributed by atoms with Crippen LogP contribution in [0.5, 0.6) is 0 Å². The smallest absolute Gasteiger partial charge is 0.253 e. The zero-order valence-corrected chi connectivity index (χ0v) is 25.3. The highest BCUT2D eigenvalue weighted by Crippen LogP contribution is 2.35. The summed E-state index contributed by atoms with van der Waals surface area (Å²) < 4.78 is 2.03. The van der Waals surface area contributed by atoms with Crippen LogP contribution >= 0.6 is 30.3 Å². The van der Waals surface area contributed by atoms with Crippen LogP contribution in [0.2, 0.25) is 0 Å². The molecule has 38 heavy (non-hydrogen) atoms. The van der Waals surface area contributed by atoms with Crippen molar-refractivity contribution in [1.29, 1.82) is 0 Å². The topological polar surface area (TPSA) is 74.5 Å². The number of aromatic nitrogens is 3. The molecule has 198 valence electrons. The van der Waals surface area contributed by atoms with Crippen LogP contribution in [0.3, 0.4) is 0 Å². The summed E-state index contributed by atoms with van der Waals surface area (Å²) in [5.74, 6) is -0.101. The zero-order chi connectivity index (χ0) is 27.1. The van der Waals surface area contributed by atoms with Gasteiger partial charge >= 0.3 is 0 Å². The van der Waals surface area contributed by atoms with Gasteiger partial charge in [0.15, 0.2) is 5.65 Å². The molecule has 0 radical (unpaired) electrons. The molecule has 0 saturated carbocycles. The van der Waals surface area contributed by atoms with Gasteiger partial charge in [-0.2, -0.15) is 0 Å². The normalized spacial score (nSPS) is 14.5. The van der Waals surface area contributed by atoms with Gasteiger partial charge in [-0.05, 0) is 80.3 Å². The second-order valence-electron chi connectivity index (χ2n) is 10.3. The highest BCUT2D eigenvalue weighted by Gasteiger charge is 2.21. The van der Waals surface area contributed by atoms with Crippen molar-refractivity contribution in [1.82, 2.24) is 23.7 Å². The maximum atomic E-state index is 12.9. The van der Waals surface area contributed by atoms with E-state index in [1.165, 1.54) is 16.7 Å². The van der Waals surface area contributed by atoms with E-state index in [9.17, 15) is 9.90 Å². The number of amides is 1. The molecular formula is C29H32IN5O2S. The average molecular weight is 642 g/mol. The fourth-order valence-corrected chi connectivity index (χ4v) is 6.58. The number of benzene rings is 2. The molecule has 1 amide bonds. The quantitative estimate of drug-likeness (QED) is 0.274. The van der Waals surface area contributed by atoms with Crippen LogP contribution in [0, 0.1) is 13.8 Å². The number of hydrogen-bond donors (Lipinski definition) is 1. The molecule has 1 aliphatic rings. The van der Waals surface area contributed by atoms with Crippen LogP contribution in [-0.4, -0.2) is 68.0 Å². The number of likely N-dealkylation sites (N-methyl/N-ethyl adjacent to an activating group) is 2. The van der Waals surface area contributed by atoms with Crippen LogP contribution in [0.4, 0.5) is 0 Å². The van der Waals surface area contributed by atoms with E-state index in [1.807, 2.05) is 35.3 Å². The van der Waals surface area contributed by atoms with E-state index < -0.39 is 6.10 Å². The van der Waals surface area contributed by atoms with Crippen LogP contribution in [0.1, 0.15) is 39.5 Å². The van der Waals surface area contributed by atoms with Gasteiger partial charge in [-0.1, -0.05) is 12.1 Å². The lowest BCUT2D eigenvalue weighted by atomic mass is 9.92.